The van der Waals surface area contributed by atoms with Crippen molar-refractivity contribution in [3.05, 3.63) is 35.2 Å². The Morgan fingerprint density at radius 1 is 1.33 bits per heavy atom. The second kappa shape index (κ2) is 6.58. The zero-order valence-corrected chi connectivity index (χ0v) is 13.3. The lowest BCUT2D eigenvalue weighted by molar-refractivity contribution is 0.0941. The maximum absolute atomic E-state index is 12.3. The van der Waals surface area contributed by atoms with E-state index in [2.05, 4.69) is 29.3 Å². The lowest BCUT2D eigenvalue weighted by atomic mass is 10.2. The summed E-state index contributed by atoms with van der Waals surface area (Å²) in [5, 5.41) is 4.27. The van der Waals surface area contributed by atoms with Gasteiger partial charge < -0.3 is 5.32 Å². The molecule has 3 rings (SSSR count). The number of hydrogen-bond donors (Lipinski definition) is 1. The molecule has 1 aliphatic heterocycles. The molecule has 1 amide bonds. The molecule has 2 aromatic rings. The summed E-state index contributed by atoms with van der Waals surface area (Å²) in [5.74, 6) is 0.0637. The smallest absolute Gasteiger partial charge is 0.261 e. The van der Waals surface area contributed by atoms with E-state index < -0.39 is 0 Å². The molecule has 0 aliphatic carbocycles. The molecule has 112 valence electrons. The van der Waals surface area contributed by atoms with E-state index in [0.717, 1.165) is 23.2 Å². The number of rotatable bonds is 5. The summed E-state index contributed by atoms with van der Waals surface area (Å²) < 4.78 is 1.18. The number of thiophene rings is 1. The summed E-state index contributed by atoms with van der Waals surface area (Å²) in [5.41, 5.74) is 0. The highest BCUT2D eigenvalue weighted by atomic mass is 32.1. The molecule has 1 aromatic heterocycles. The monoisotopic (exact) mass is 302 g/mol. The third kappa shape index (κ3) is 3.27. The molecule has 0 unspecified atom stereocenters. The van der Waals surface area contributed by atoms with E-state index in [-0.39, 0.29) is 5.91 Å². The first-order valence-corrected chi connectivity index (χ1v) is 8.60. The van der Waals surface area contributed by atoms with E-state index in [1.165, 1.54) is 30.6 Å². The lowest BCUT2D eigenvalue weighted by Crippen LogP contribution is -2.42. The summed E-state index contributed by atoms with van der Waals surface area (Å²) in [6.07, 6.45) is 3.67. The van der Waals surface area contributed by atoms with Crippen molar-refractivity contribution in [2.24, 2.45) is 0 Å². The zero-order chi connectivity index (χ0) is 14.7. The number of nitrogens with one attached hydrogen (secondary N) is 1. The van der Waals surface area contributed by atoms with Crippen LogP contribution < -0.4 is 5.32 Å². The van der Waals surface area contributed by atoms with Crippen molar-refractivity contribution in [2.45, 2.75) is 32.2 Å². The standard InChI is InChI=1S/C17H22N2OS/c1-2-14(19-9-5-6-10-19)12-18-17(20)16-11-13-7-3-4-8-15(13)21-16/h3-4,7-8,11,14H,2,5-6,9-10,12H2,1H3,(H,18,20)/t14-/m1/s1. The summed E-state index contributed by atoms with van der Waals surface area (Å²) >= 11 is 1.57. The summed E-state index contributed by atoms with van der Waals surface area (Å²) in [6, 6.07) is 10.6. The van der Waals surface area contributed by atoms with Crippen molar-refractivity contribution in [1.29, 1.82) is 0 Å². The van der Waals surface area contributed by atoms with Crippen molar-refractivity contribution in [1.82, 2.24) is 10.2 Å². The van der Waals surface area contributed by atoms with Crippen LogP contribution in [-0.2, 0) is 0 Å². The predicted molar refractivity (Wildman–Crippen MR) is 89.0 cm³/mol. The Hall–Kier alpha value is -1.39. The van der Waals surface area contributed by atoms with Gasteiger partial charge in [0.05, 0.1) is 4.88 Å². The van der Waals surface area contributed by atoms with Crippen LogP contribution in [0.25, 0.3) is 10.1 Å². The Balaban J connectivity index is 1.62. The first-order chi connectivity index (χ1) is 10.3. The van der Waals surface area contributed by atoms with Gasteiger partial charge in [-0.25, -0.2) is 0 Å². The highest BCUT2D eigenvalue weighted by molar-refractivity contribution is 7.20. The Morgan fingerprint density at radius 3 is 2.81 bits per heavy atom. The van der Waals surface area contributed by atoms with E-state index >= 15 is 0 Å². The van der Waals surface area contributed by atoms with E-state index in [9.17, 15) is 4.79 Å². The fourth-order valence-corrected chi connectivity index (χ4v) is 4.01. The van der Waals surface area contributed by atoms with Crippen LogP contribution in [0, 0.1) is 0 Å². The maximum atomic E-state index is 12.3. The molecule has 1 aromatic carbocycles. The van der Waals surface area contributed by atoms with Crippen molar-refractivity contribution in [3.8, 4) is 0 Å². The van der Waals surface area contributed by atoms with Gasteiger partial charge in [0.1, 0.15) is 0 Å². The molecular formula is C17H22N2OS. The largest absolute Gasteiger partial charge is 0.350 e. The van der Waals surface area contributed by atoms with Crippen LogP contribution in [0.2, 0.25) is 0 Å². The number of nitrogens with zero attached hydrogens (tertiary/aromatic N) is 1. The number of fused-ring (bicyclic) bond motifs is 1. The van der Waals surface area contributed by atoms with Crippen molar-refractivity contribution in [2.75, 3.05) is 19.6 Å². The van der Waals surface area contributed by atoms with E-state index in [0.29, 0.717) is 6.04 Å². The maximum Gasteiger partial charge on any atom is 0.261 e. The van der Waals surface area contributed by atoms with Crippen LogP contribution >= 0.6 is 11.3 Å². The number of hydrogen-bond acceptors (Lipinski definition) is 3. The van der Waals surface area contributed by atoms with Gasteiger partial charge in [0, 0.05) is 17.3 Å². The Morgan fingerprint density at radius 2 is 2.10 bits per heavy atom. The molecule has 4 heteroatoms. The van der Waals surface area contributed by atoms with Gasteiger partial charge in [0.25, 0.3) is 5.91 Å². The average Bonchev–Trinajstić information content (AvgIpc) is 3.16. The van der Waals surface area contributed by atoms with Crippen LogP contribution in [0.5, 0.6) is 0 Å². The number of benzene rings is 1. The topological polar surface area (TPSA) is 32.3 Å². The van der Waals surface area contributed by atoms with Crippen molar-refractivity contribution >= 4 is 27.3 Å². The first kappa shape index (κ1) is 14.5. The molecule has 2 heterocycles. The van der Waals surface area contributed by atoms with E-state index in [1.54, 1.807) is 11.3 Å². The minimum Gasteiger partial charge on any atom is -0.350 e. The van der Waals surface area contributed by atoms with Gasteiger partial charge in [-0.05, 0) is 49.9 Å². The van der Waals surface area contributed by atoms with Gasteiger partial charge in [-0.2, -0.15) is 0 Å². The normalized spacial score (nSPS) is 17.2. The summed E-state index contributed by atoms with van der Waals surface area (Å²) in [4.78, 5) is 15.6. The van der Waals surface area contributed by atoms with E-state index in [1.807, 2.05) is 18.2 Å². The van der Waals surface area contributed by atoms with Gasteiger partial charge in [0.15, 0.2) is 0 Å². The first-order valence-electron chi connectivity index (χ1n) is 7.78. The van der Waals surface area contributed by atoms with Crippen molar-refractivity contribution < 1.29 is 4.79 Å². The van der Waals surface area contributed by atoms with Gasteiger partial charge in [-0.1, -0.05) is 25.1 Å². The van der Waals surface area contributed by atoms with Gasteiger partial charge in [-0.15, -0.1) is 11.3 Å². The number of likely N-dealkylation sites (tertiary alicyclic amines) is 1. The Kier molecular flexibility index (Phi) is 4.56. The average molecular weight is 302 g/mol. The molecule has 1 N–H and O–H groups in total. The van der Waals surface area contributed by atoms with Crippen LogP contribution in [0.15, 0.2) is 30.3 Å². The number of carbonyl (C=O) groups excluding carboxylic acids is 1. The quantitative estimate of drug-likeness (QED) is 0.916. The summed E-state index contributed by atoms with van der Waals surface area (Å²) in [6.45, 7) is 5.31. The molecule has 1 fully saturated rings. The van der Waals surface area contributed by atoms with Gasteiger partial charge in [-0.3, -0.25) is 9.69 Å². The zero-order valence-electron chi connectivity index (χ0n) is 12.5. The van der Waals surface area contributed by atoms with Crippen LogP contribution in [0.4, 0.5) is 0 Å². The minimum atomic E-state index is 0.0637. The fraction of sp³-hybridized carbons (Fsp3) is 0.471. The third-order valence-corrected chi connectivity index (χ3v) is 5.39. The van der Waals surface area contributed by atoms with Crippen LogP contribution in [0.3, 0.4) is 0 Å². The van der Waals surface area contributed by atoms with Gasteiger partial charge in [0.2, 0.25) is 0 Å². The summed E-state index contributed by atoms with van der Waals surface area (Å²) in [7, 11) is 0. The lowest BCUT2D eigenvalue weighted by Gasteiger charge is -2.26. The second-order valence-electron chi connectivity index (χ2n) is 5.66. The molecule has 0 saturated carbocycles. The van der Waals surface area contributed by atoms with Crippen LogP contribution in [-0.4, -0.2) is 36.5 Å². The molecule has 0 bridgehead atoms. The predicted octanol–water partition coefficient (Wildman–Crippen LogP) is 3.51. The molecule has 3 nitrogen and oxygen atoms in total. The molecule has 1 aliphatic rings. The number of amides is 1. The fourth-order valence-electron chi connectivity index (χ4n) is 3.03. The second-order valence-corrected chi connectivity index (χ2v) is 6.75. The Labute approximate surface area is 130 Å². The highest BCUT2D eigenvalue weighted by Crippen LogP contribution is 2.25. The SMILES string of the molecule is CC[C@H](CNC(=O)c1cc2ccccc2s1)N1CCCC1. The molecule has 0 spiro atoms. The highest BCUT2D eigenvalue weighted by Gasteiger charge is 2.21. The van der Waals surface area contributed by atoms with E-state index in [4.69, 9.17) is 0 Å². The van der Waals surface area contributed by atoms with Gasteiger partial charge >= 0.3 is 0 Å². The molecule has 21 heavy (non-hydrogen) atoms. The van der Waals surface area contributed by atoms with Crippen molar-refractivity contribution in [3.63, 3.8) is 0 Å². The number of carbonyl (C=O) groups is 1. The molecule has 1 atom stereocenters. The van der Waals surface area contributed by atoms with Crippen LogP contribution in [0.1, 0.15) is 35.9 Å². The third-order valence-electron chi connectivity index (χ3n) is 4.28. The minimum absolute atomic E-state index is 0.0637. The molecule has 0 radical (unpaired) electrons. The molecular weight excluding hydrogens is 280 g/mol. The Bertz CT molecular complexity index is 583. The molecule has 1 saturated heterocycles.